The monoisotopic (exact) mass is 430 g/mol. The average molecular weight is 431 g/mol. The summed E-state index contributed by atoms with van der Waals surface area (Å²) in [4.78, 5) is 17.1. The molecular weight excluding hydrogens is 419 g/mol. The first-order valence-electron chi connectivity index (χ1n) is 7.81. The van der Waals surface area contributed by atoms with Gasteiger partial charge in [-0.15, -0.1) is 0 Å². The van der Waals surface area contributed by atoms with Gasteiger partial charge in [0, 0.05) is 4.47 Å². The number of nitrogens with zero attached hydrogens (tertiary/aromatic N) is 4. The van der Waals surface area contributed by atoms with E-state index in [1.807, 2.05) is 24.3 Å². The van der Waals surface area contributed by atoms with E-state index in [9.17, 15) is 9.18 Å². The second-order valence-corrected chi connectivity index (χ2v) is 6.54. The number of carbonyl (C=O) groups is 1. The number of aromatic nitrogens is 4. The second-order valence-electron chi connectivity index (χ2n) is 5.68. The SMILES string of the molecule is Nc1nonc1-c1nc2ccccc2n1CC(=O)Nc1ccc(F)cc1Br. The third-order valence-electron chi connectivity index (χ3n) is 3.89. The Bertz CT molecular complexity index is 1160. The van der Waals surface area contributed by atoms with E-state index < -0.39 is 5.82 Å². The molecule has 0 atom stereocenters. The van der Waals surface area contributed by atoms with Gasteiger partial charge in [-0.05, 0) is 56.6 Å². The molecule has 10 heteroatoms. The molecule has 0 aliphatic rings. The predicted molar refractivity (Wildman–Crippen MR) is 100 cm³/mol. The van der Waals surface area contributed by atoms with Gasteiger partial charge in [-0.2, -0.15) is 0 Å². The van der Waals surface area contributed by atoms with Crippen molar-refractivity contribution in [1.29, 1.82) is 0 Å². The highest BCUT2D eigenvalue weighted by molar-refractivity contribution is 9.10. The van der Waals surface area contributed by atoms with Gasteiger partial charge in [-0.25, -0.2) is 14.0 Å². The van der Waals surface area contributed by atoms with E-state index in [1.54, 1.807) is 4.57 Å². The minimum Gasteiger partial charge on any atom is -0.379 e. The lowest BCUT2D eigenvalue weighted by molar-refractivity contribution is -0.116. The fourth-order valence-electron chi connectivity index (χ4n) is 2.69. The van der Waals surface area contributed by atoms with Crippen molar-refractivity contribution in [1.82, 2.24) is 19.9 Å². The molecule has 3 N–H and O–H groups in total. The average Bonchev–Trinajstić information content (AvgIpc) is 3.21. The van der Waals surface area contributed by atoms with Crippen LogP contribution >= 0.6 is 15.9 Å². The first-order chi connectivity index (χ1) is 13.0. The number of carbonyl (C=O) groups excluding carboxylic acids is 1. The summed E-state index contributed by atoms with van der Waals surface area (Å²) < 4.78 is 20.0. The van der Waals surface area contributed by atoms with Gasteiger partial charge in [0.2, 0.25) is 5.91 Å². The molecule has 0 unspecified atom stereocenters. The van der Waals surface area contributed by atoms with Crippen LogP contribution in [-0.2, 0) is 11.3 Å². The molecule has 0 saturated carbocycles. The number of para-hydroxylation sites is 2. The molecule has 2 heterocycles. The summed E-state index contributed by atoms with van der Waals surface area (Å²) in [6.45, 7) is -0.0635. The first-order valence-corrected chi connectivity index (χ1v) is 8.61. The Morgan fingerprint density at radius 2 is 2.07 bits per heavy atom. The summed E-state index contributed by atoms with van der Waals surface area (Å²) in [6.07, 6.45) is 0. The maximum absolute atomic E-state index is 13.2. The zero-order valence-corrected chi connectivity index (χ0v) is 15.3. The number of imidazole rings is 1. The molecule has 0 saturated heterocycles. The standard InChI is InChI=1S/C17H12BrFN6O2/c18-10-7-9(19)5-6-11(10)21-14(26)8-25-13-4-2-1-3-12(13)22-17(25)15-16(20)24-27-23-15/h1-7H,8H2,(H2,20,24)(H,21,26). The van der Waals surface area contributed by atoms with Crippen molar-refractivity contribution in [2.75, 3.05) is 11.1 Å². The molecule has 0 radical (unpaired) electrons. The third-order valence-corrected chi connectivity index (χ3v) is 4.54. The largest absolute Gasteiger partial charge is 0.379 e. The van der Waals surface area contributed by atoms with Gasteiger partial charge in [-0.3, -0.25) is 4.79 Å². The van der Waals surface area contributed by atoms with E-state index >= 15 is 0 Å². The minimum atomic E-state index is -0.406. The van der Waals surface area contributed by atoms with Crippen LogP contribution in [0.25, 0.3) is 22.6 Å². The summed E-state index contributed by atoms with van der Waals surface area (Å²) in [5, 5.41) is 10.1. The van der Waals surface area contributed by atoms with Crippen molar-refractivity contribution in [3.63, 3.8) is 0 Å². The second kappa shape index (κ2) is 6.80. The van der Waals surface area contributed by atoms with Crippen LogP contribution in [0.4, 0.5) is 15.9 Å². The van der Waals surface area contributed by atoms with Crippen LogP contribution in [0.3, 0.4) is 0 Å². The number of amides is 1. The number of nitrogens with two attached hydrogens (primary N) is 1. The molecule has 1 amide bonds. The van der Waals surface area contributed by atoms with Crippen LogP contribution in [0, 0.1) is 5.82 Å². The Morgan fingerprint density at radius 3 is 2.81 bits per heavy atom. The summed E-state index contributed by atoms with van der Waals surface area (Å²) in [5.41, 5.74) is 7.89. The van der Waals surface area contributed by atoms with Crippen molar-refractivity contribution in [3.8, 4) is 11.5 Å². The maximum atomic E-state index is 13.2. The molecule has 0 fully saturated rings. The van der Waals surface area contributed by atoms with Crippen LogP contribution in [0.5, 0.6) is 0 Å². The third kappa shape index (κ3) is 3.26. The number of hydrogen-bond acceptors (Lipinski definition) is 6. The number of fused-ring (bicyclic) bond motifs is 1. The van der Waals surface area contributed by atoms with E-state index in [1.165, 1.54) is 18.2 Å². The van der Waals surface area contributed by atoms with Gasteiger partial charge in [0.05, 0.1) is 16.7 Å². The Balaban J connectivity index is 1.70. The Hall–Kier alpha value is -3.27. The van der Waals surface area contributed by atoms with E-state index in [-0.39, 0.29) is 24.0 Å². The highest BCUT2D eigenvalue weighted by Gasteiger charge is 2.20. The van der Waals surface area contributed by atoms with Gasteiger partial charge in [0.15, 0.2) is 17.3 Å². The number of anilines is 2. The minimum absolute atomic E-state index is 0.0635. The quantitative estimate of drug-likeness (QED) is 0.513. The molecule has 8 nitrogen and oxygen atoms in total. The molecule has 0 aliphatic heterocycles. The predicted octanol–water partition coefficient (Wildman–Crippen LogP) is 3.21. The molecule has 4 rings (SSSR count). The van der Waals surface area contributed by atoms with E-state index in [4.69, 9.17) is 5.73 Å². The van der Waals surface area contributed by atoms with Gasteiger partial charge in [0.25, 0.3) is 0 Å². The van der Waals surface area contributed by atoms with Crippen LogP contribution in [0.15, 0.2) is 51.6 Å². The molecule has 27 heavy (non-hydrogen) atoms. The van der Waals surface area contributed by atoms with Crippen LogP contribution in [0.2, 0.25) is 0 Å². The first kappa shape index (κ1) is 17.2. The van der Waals surface area contributed by atoms with Crippen molar-refractivity contribution in [2.45, 2.75) is 6.54 Å². The Kier molecular flexibility index (Phi) is 4.32. The van der Waals surface area contributed by atoms with Crippen LogP contribution < -0.4 is 11.1 Å². The highest BCUT2D eigenvalue weighted by atomic mass is 79.9. The number of nitrogen functional groups attached to an aromatic ring is 1. The lowest BCUT2D eigenvalue weighted by Crippen LogP contribution is -2.19. The highest BCUT2D eigenvalue weighted by Crippen LogP contribution is 2.27. The molecule has 136 valence electrons. The normalized spacial score (nSPS) is 11.0. The molecule has 2 aromatic carbocycles. The fraction of sp³-hybridized carbons (Fsp3) is 0.0588. The van der Waals surface area contributed by atoms with Crippen LogP contribution in [-0.4, -0.2) is 25.8 Å². The number of benzene rings is 2. The van der Waals surface area contributed by atoms with Crippen molar-refractivity contribution < 1.29 is 13.8 Å². The lowest BCUT2D eigenvalue weighted by Gasteiger charge is -2.10. The smallest absolute Gasteiger partial charge is 0.244 e. The topological polar surface area (TPSA) is 112 Å². The van der Waals surface area contributed by atoms with Crippen LogP contribution in [0.1, 0.15) is 0 Å². The van der Waals surface area contributed by atoms with E-state index in [2.05, 4.69) is 41.2 Å². The number of halogens is 2. The van der Waals surface area contributed by atoms with E-state index in [0.29, 0.717) is 21.5 Å². The Labute approximate surface area is 160 Å². The summed E-state index contributed by atoms with van der Waals surface area (Å²) in [6, 6.07) is 11.3. The zero-order valence-electron chi connectivity index (χ0n) is 13.7. The molecule has 2 aromatic heterocycles. The number of rotatable bonds is 4. The van der Waals surface area contributed by atoms with Gasteiger partial charge in [0.1, 0.15) is 12.4 Å². The molecule has 0 bridgehead atoms. The maximum Gasteiger partial charge on any atom is 0.244 e. The number of hydrogen-bond donors (Lipinski definition) is 2. The molecular formula is C17H12BrFN6O2. The summed E-state index contributed by atoms with van der Waals surface area (Å²) >= 11 is 3.23. The molecule has 0 aliphatic carbocycles. The molecule has 0 spiro atoms. The lowest BCUT2D eigenvalue weighted by atomic mass is 10.3. The van der Waals surface area contributed by atoms with Crippen molar-refractivity contribution >= 4 is 44.4 Å². The Morgan fingerprint density at radius 1 is 1.26 bits per heavy atom. The van der Waals surface area contributed by atoms with Crippen molar-refractivity contribution in [3.05, 3.63) is 52.8 Å². The summed E-state index contributed by atoms with van der Waals surface area (Å²) in [5.74, 6) is -0.296. The molecule has 4 aromatic rings. The van der Waals surface area contributed by atoms with Crippen molar-refractivity contribution in [2.24, 2.45) is 0 Å². The van der Waals surface area contributed by atoms with Gasteiger partial charge >= 0.3 is 0 Å². The van der Waals surface area contributed by atoms with E-state index in [0.717, 1.165) is 5.52 Å². The summed E-state index contributed by atoms with van der Waals surface area (Å²) in [7, 11) is 0. The van der Waals surface area contributed by atoms with Gasteiger partial charge < -0.3 is 15.6 Å². The fourth-order valence-corrected chi connectivity index (χ4v) is 3.14. The van der Waals surface area contributed by atoms with Gasteiger partial charge in [-0.1, -0.05) is 12.1 Å². The zero-order chi connectivity index (χ0) is 19.0. The number of nitrogens with one attached hydrogen (secondary N) is 1.